The van der Waals surface area contributed by atoms with Gasteiger partial charge >= 0.3 is 0 Å². The first kappa shape index (κ1) is 25.4. The lowest BCUT2D eigenvalue weighted by atomic mass is 10.0. The molecule has 0 fully saturated rings. The first-order valence-corrected chi connectivity index (χ1v) is 14.2. The molecule has 0 saturated heterocycles. The number of hydrogen-bond donors (Lipinski definition) is 1. The molecule has 7 heteroatoms. The van der Waals surface area contributed by atoms with Gasteiger partial charge in [0.2, 0.25) is 0 Å². The van der Waals surface area contributed by atoms with Crippen LogP contribution in [0.5, 0.6) is 11.5 Å². The Morgan fingerprint density at radius 1 is 0.780 bits per heavy atom. The molecule has 41 heavy (non-hydrogen) atoms. The normalized spacial score (nSPS) is 13.9. The minimum absolute atomic E-state index is 0.0502. The number of aliphatic hydroxyl groups is 1. The molecule has 0 aliphatic heterocycles. The number of aryl methyl sites for hydroxylation is 1. The topological polar surface area (TPSA) is 78.0 Å². The molecule has 7 rings (SSSR count). The summed E-state index contributed by atoms with van der Waals surface area (Å²) in [7, 11) is 0. The van der Waals surface area contributed by atoms with E-state index in [2.05, 4.69) is 75.0 Å². The maximum absolute atomic E-state index is 11.0. The Balaban J connectivity index is 1.53. The monoisotopic (exact) mass is 545 g/mol. The molecule has 0 radical (unpaired) electrons. The third kappa shape index (κ3) is 4.24. The highest BCUT2D eigenvalue weighted by molar-refractivity contribution is 5.94. The van der Waals surface area contributed by atoms with Crippen molar-refractivity contribution >= 4 is 34.0 Å². The van der Waals surface area contributed by atoms with E-state index in [0.29, 0.717) is 11.5 Å². The Morgan fingerprint density at radius 3 is 2.22 bits per heavy atom. The number of aliphatic hydroxyl groups excluding tert-OH is 1. The maximum Gasteiger partial charge on any atom is 0.145 e. The zero-order valence-electron chi connectivity index (χ0n) is 22.8. The molecule has 0 amide bonds. The van der Waals surface area contributed by atoms with Crippen LogP contribution in [0.4, 0.5) is 0 Å². The largest absolute Gasteiger partial charge is 0.489 e. The van der Waals surface area contributed by atoms with Gasteiger partial charge in [0.1, 0.15) is 31.3 Å². The van der Waals surface area contributed by atoms with Gasteiger partial charge in [0.25, 0.3) is 0 Å². The molecular weight excluding hydrogens is 514 g/mol. The van der Waals surface area contributed by atoms with Crippen molar-refractivity contribution in [2.45, 2.75) is 25.7 Å². The number of fused-ring (bicyclic) bond motifs is 6. The van der Waals surface area contributed by atoms with Crippen LogP contribution in [0.3, 0.4) is 0 Å². The van der Waals surface area contributed by atoms with E-state index < -0.39 is 0 Å². The molecule has 0 bridgehead atoms. The van der Waals surface area contributed by atoms with E-state index in [1.807, 2.05) is 24.3 Å². The second kappa shape index (κ2) is 10.7. The highest BCUT2D eigenvalue weighted by atomic mass is 16.5. The summed E-state index contributed by atoms with van der Waals surface area (Å²) in [5.74, 6) is 1.29. The van der Waals surface area contributed by atoms with E-state index in [4.69, 9.17) is 9.47 Å². The van der Waals surface area contributed by atoms with Crippen molar-refractivity contribution in [2.24, 2.45) is 5.18 Å². The lowest BCUT2D eigenvalue weighted by Gasteiger charge is -2.22. The number of benzene rings is 3. The van der Waals surface area contributed by atoms with Gasteiger partial charge in [0, 0.05) is 39.9 Å². The average molecular weight is 546 g/mol. The second-order valence-electron chi connectivity index (χ2n) is 10.4. The minimum Gasteiger partial charge on any atom is -0.489 e. The van der Waals surface area contributed by atoms with Gasteiger partial charge in [0.05, 0.1) is 29.0 Å². The molecule has 1 N–H and O–H groups in total. The van der Waals surface area contributed by atoms with Crippen LogP contribution in [0, 0.1) is 4.91 Å². The first-order chi connectivity index (χ1) is 20.3. The third-order valence-corrected chi connectivity index (χ3v) is 8.02. The summed E-state index contributed by atoms with van der Waals surface area (Å²) in [5, 5.41) is 15.2. The lowest BCUT2D eigenvalue weighted by molar-refractivity contribution is 0.201. The van der Waals surface area contributed by atoms with E-state index in [0.717, 1.165) is 53.8 Å². The van der Waals surface area contributed by atoms with Crippen LogP contribution >= 0.6 is 0 Å². The van der Waals surface area contributed by atoms with Gasteiger partial charge in [-0.25, -0.2) is 0 Å². The third-order valence-electron chi connectivity index (χ3n) is 8.02. The smallest absolute Gasteiger partial charge is 0.145 e. The van der Waals surface area contributed by atoms with Crippen LogP contribution in [0.15, 0.2) is 78.0 Å². The van der Waals surface area contributed by atoms with E-state index in [9.17, 15) is 10.0 Å². The van der Waals surface area contributed by atoms with Crippen molar-refractivity contribution in [3.8, 4) is 22.9 Å². The van der Waals surface area contributed by atoms with Gasteiger partial charge in [-0.2, -0.15) is 4.91 Å². The van der Waals surface area contributed by atoms with E-state index in [1.165, 1.54) is 27.6 Å². The predicted molar refractivity (Wildman–Crippen MR) is 164 cm³/mol. The van der Waals surface area contributed by atoms with Gasteiger partial charge in [-0.3, -0.25) is 0 Å². The summed E-state index contributed by atoms with van der Waals surface area (Å²) in [5.41, 5.74) is 8.67. The van der Waals surface area contributed by atoms with Crippen LogP contribution in [-0.4, -0.2) is 40.6 Å². The SMILES string of the molecule is O=NCCOc1cc(-n2c3c(c4ccccc42)C=CCC3)c(OCCO)cc1-n1c2c(c3ccccc31)CCC=C2. The molecule has 0 unspecified atom stereocenters. The molecule has 2 aromatic heterocycles. The lowest BCUT2D eigenvalue weighted by Crippen LogP contribution is -2.12. The predicted octanol–water partition coefficient (Wildman–Crippen LogP) is 7.01. The second-order valence-corrected chi connectivity index (χ2v) is 10.4. The summed E-state index contributed by atoms with van der Waals surface area (Å²) < 4.78 is 17.1. The first-order valence-electron chi connectivity index (χ1n) is 14.2. The van der Waals surface area contributed by atoms with Crippen LogP contribution in [0.2, 0.25) is 0 Å². The number of ether oxygens (including phenoxy) is 2. The average Bonchev–Trinajstić information content (AvgIpc) is 3.53. The number of nitroso groups, excluding NO2 is 1. The standard InChI is InChI=1S/C34H31N3O4/c38-18-20-41-34-22-31(36-27-13-5-1-9-23(27)24-10-2-6-14-28(24)36)33(40-19-17-35-39)21-32(34)37-29-15-7-3-11-25(29)26-12-4-8-16-30(26)37/h1,3-7,9,11-15,21-22,38H,2,8,10,16-20H2. The number of para-hydroxylation sites is 2. The van der Waals surface area contributed by atoms with Crippen LogP contribution < -0.4 is 9.47 Å². The van der Waals surface area contributed by atoms with Crippen molar-refractivity contribution in [1.29, 1.82) is 0 Å². The van der Waals surface area contributed by atoms with Crippen molar-refractivity contribution in [2.75, 3.05) is 26.4 Å². The molecule has 0 spiro atoms. The Hall–Kier alpha value is -4.62. The van der Waals surface area contributed by atoms with Crippen molar-refractivity contribution in [3.63, 3.8) is 0 Å². The molecule has 0 atom stereocenters. The highest BCUT2D eigenvalue weighted by Crippen LogP contribution is 2.43. The van der Waals surface area contributed by atoms with Crippen LogP contribution in [0.25, 0.3) is 45.3 Å². The quantitative estimate of drug-likeness (QED) is 0.160. The Labute approximate surface area is 237 Å². The van der Waals surface area contributed by atoms with Gasteiger partial charge in [-0.05, 0) is 49.5 Å². The van der Waals surface area contributed by atoms with Crippen molar-refractivity contribution in [1.82, 2.24) is 9.13 Å². The van der Waals surface area contributed by atoms with Crippen LogP contribution in [0.1, 0.15) is 35.4 Å². The van der Waals surface area contributed by atoms with Gasteiger partial charge in [-0.15, -0.1) is 0 Å². The zero-order valence-corrected chi connectivity index (χ0v) is 22.8. The number of aromatic nitrogens is 2. The van der Waals surface area contributed by atoms with Gasteiger partial charge in [0.15, 0.2) is 0 Å². The maximum atomic E-state index is 11.0. The highest BCUT2D eigenvalue weighted by Gasteiger charge is 2.25. The molecule has 3 aromatic carbocycles. The van der Waals surface area contributed by atoms with Crippen molar-refractivity contribution in [3.05, 3.63) is 100 Å². The van der Waals surface area contributed by atoms with E-state index in [-0.39, 0.29) is 26.4 Å². The Kier molecular flexibility index (Phi) is 6.65. The number of allylic oxidation sites excluding steroid dienone is 2. The summed E-state index contributed by atoms with van der Waals surface area (Å²) in [6, 6.07) is 20.9. The summed E-state index contributed by atoms with van der Waals surface area (Å²) in [4.78, 5) is 11.0. The molecule has 206 valence electrons. The Morgan fingerprint density at radius 2 is 1.44 bits per heavy atom. The van der Waals surface area contributed by atoms with E-state index in [1.54, 1.807) is 0 Å². The van der Waals surface area contributed by atoms with Gasteiger partial charge < -0.3 is 23.7 Å². The Bertz CT molecular complexity index is 1840. The molecule has 7 nitrogen and oxygen atoms in total. The molecule has 2 aliphatic carbocycles. The fourth-order valence-electron chi connectivity index (χ4n) is 6.36. The number of hydrogen-bond acceptors (Lipinski definition) is 5. The van der Waals surface area contributed by atoms with Crippen molar-refractivity contribution < 1.29 is 14.6 Å². The van der Waals surface area contributed by atoms with Gasteiger partial charge in [-0.1, -0.05) is 59.8 Å². The fourth-order valence-corrected chi connectivity index (χ4v) is 6.36. The number of rotatable bonds is 9. The molecule has 2 aliphatic rings. The summed E-state index contributed by atoms with van der Waals surface area (Å²) in [6.07, 6.45) is 12.6. The number of nitrogens with zero attached hydrogens (tertiary/aromatic N) is 3. The zero-order chi connectivity index (χ0) is 27.8. The fraction of sp³-hybridized carbons (Fsp3) is 0.235. The summed E-state index contributed by atoms with van der Waals surface area (Å²) in [6.45, 7) is 0.273. The molecule has 0 saturated carbocycles. The van der Waals surface area contributed by atoms with E-state index >= 15 is 0 Å². The molecular formula is C34H31N3O4. The minimum atomic E-state index is -0.101. The molecule has 2 heterocycles. The molecule has 5 aromatic rings. The van der Waals surface area contributed by atoms with Crippen LogP contribution in [-0.2, 0) is 12.8 Å². The summed E-state index contributed by atoms with van der Waals surface area (Å²) >= 11 is 0.